The number of para-hydroxylation sites is 1. The Labute approximate surface area is 135 Å². The molecule has 1 amide bonds. The molecule has 0 aromatic heterocycles. The minimum Gasteiger partial charge on any atom is -0.466 e. The van der Waals surface area contributed by atoms with Crippen LogP contribution in [0.15, 0.2) is 24.3 Å². The molecule has 6 heteroatoms. The first-order valence-electron chi connectivity index (χ1n) is 7.64. The van der Waals surface area contributed by atoms with Gasteiger partial charge in [0.15, 0.2) is 6.54 Å². The molecular weight excluding hydrogens is 304 g/mol. The topological polar surface area (TPSA) is 59.8 Å². The highest BCUT2D eigenvalue weighted by Crippen LogP contribution is 2.20. The lowest BCUT2D eigenvalue weighted by molar-refractivity contribution is -0.899. The van der Waals surface area contributed by atoms with E-state index >= 15 is 0 Å². The Morgan fingerprint density at radius 2 is 2.18 bits per heavy atom. The first-order chi connectivity index (χ1) is 10.6. The van der Waals surface area contributed by atoms with Crippen LogP contribution in [0, 0.1) is 5.92 Å². The zero-order valence-corrected chi connectivity index (χ0v) is 13.5. The van der Waals surface area contributed by atoms with Crippen LogP contribution in [0.1, 0.15) is 19.8 Å². The molecule has 2 atom stereocenters. The van der Waals surface area contributed by atoms with Crippen LogP contribution in [0.2, 0.25) is 5.02 Å². The highest BCUT2D eigenvalue weighted by Gasteiger charge is 2.30. The maximum atomic E-state index is 12.1. The molecule has 0 spiro atoms. The second kappa shape index (κ2) is 8.15. The Morgan fingerprint density at radius 1 is 1.41 bits per heavy atom. The van der Waals surface area contributed by atoms with Gasteiger partial charge in [0.25, 0.3) is 5.91 Å². The van der Waals surface area contributed by atoms with Gasteiger partial charge in [-0.2, -0.15) is 0 Å². The smallest absolute Gasteiger partial charge is 0.314 e. The fourth-order valence-electron chi connectivity index (χ4n) is 2.76. The third-order valence-electron chi connectivity index (χ3n) is 3.80. The van der Waals surface area contributed by atoms with Gasteiger partial charge in [0.05, 0.1) is 30.4 Å². The average molecular weight is 326 g/mol. The summed E-state index contributed by atoms with van der Waals surface area (Å²) in [6.45, 7) is 4.09. The third kappa shape index (κ3) is 4.71. The van der Waals surface area contributed by atoms with Gasteiger partial charge in [-0.25, -0.2) is 0 Å². The largest absolute Gasteiger partial charge is 0.466 e. The summed E-state index contributed by atoms with van der Waals surface area (Å²) in [6, 6.07) is 7.15. The average Bonchev–Trinajstić information content (AvgIpc) is 2.50. The maximum Gasteiger partial charge on any atom is 0.314 e. The number of piperidine rings is 1. The molecule has 2 rings (SSSR count). The Kier molecular flexibility index (Phi) is 6.21. The van der Waals surface area contributed by atoms with Crippen molar-refractivity contribution in [2.24, 2.45) is 5.92 Å². The van der Waals surface area contributed by atoms with Gasteiger partial charge >= 0.3 is 5.97 Å². The Hall–Kier alpha value is -1.59. The van der Waals surface area contributed by atoms with Crippen LogP contribution in [-0.4, -0.2) is 38.1 Å². The number of amides is 1. The fraction of sp³-hybridized carbons (Fsp3) is 0.500. The van der Waals surface area contributed by atoms with E-state index in [9.17, 15) is 9.59 Å². The second-order valence-electron chi connectivity index (χ2n) is 5.50. The number of benzene rings is 1. The number of ether oxygens (including phenoxy) is 1. The van der Waals surface area contributed by atoms with Gasteiger partial charge in [0.1, 0.15) is 5.92 Å². The lowest BCUT2D eigenvalue weighted by Gasteiger charge is -2.28. The summed E-state index contributed by atoms with van der Waals surface area (Å²) < 4.78 is 5.08. The summed E-state index contributed by atoms with van der Waals surface area (Å²) in [6.07, 6.45) is 1.77. The van der Waals surface area contributed by atoms with E-state index in [0.29, 0.717) is 30.4 Å². The van der Waals surface area contributed by atoms with Crippen molar-refractivity contribution in [2.75, 3.05) is 31.6 Å². The SMILES string of the molecule is CCOC(=O)[C@@H]1CCC[NH+](CC(=O)Nc2ccccc2Cl)C1. The molecule has 1 aromatic carbocycles. The molecule has 1 aliphatic rings. The first-order valence-corrected chi connectivity index (χ1v) is 8.02. The van der Waals surface area contributed by atoms with Gasteiger partial charge in [-0.15, -0.1) is 0 Å². The normalized spacial score (nSPS) is 21.2. The van der Waals surface area contributed by atoms with Crippen LogP contribution < -0.4 is 10.2 Å². The number of hydrogen-bond acceptors (Lipinski definition) is 3. The van der Waals surface area contributed by atoms with E-state index in [1.165, 1.54) is 0 Å². The minimum absolute atomic E-state index is 0.0902. The molecule has 1 saturated heterocycles. The number of likely N-dealkylation sites (tertiary alicyclic amines) is 1. The number of nitrogens with one attached hydrogen (secondary N) is 2. The molecule has 1 heterocycles. The number of rotatable bonds is 5. The molecule has 0 saturated carbocycles. The van der Waals surface area contributed by atoms with Crippen molar-refractivity contribution < 1.29 is 19.2 Å². The zero-order valence-electron chi connectivity index (χ0n) is 12.7. The summed E-state index contributed by atoms with van der Waals surface area (Å²) in [5.74, 6) is -0.337. The summed E-state index contributed by atoms with van der Waals surface area (Å²) in [5.41, 5.74) is 0.618. The molecule has 0 bridgehead atoms. The van der Waals surface area contributed by atoms with Crippen molar-refractivity contribution in [1.29, 1.82) is 0 Å². The number of carbonyl (C=O) groups excluding carboxylic acids is 2. The lowest BCUT2D eigenvalue weighted by atomic mass is 9.98. The van der Waals surface area contributed by atoms with Crippen molar-refractivity contribution in [3.63, 3.8) is 0 Å². The van der Waals surface area contributed by atoms with Gasteiger partial charge in [-0.05, 0) is 31.9 Å². The zero-order chi connectivity index (χ0) is 15.9. The van der Waals surface area contributed by atoms with Crippen LogP contribution >= 0.6 is 11.6 Å². The lowest BCUT2D eigenvalue weighted by Crippen LogP contribution is -3.14. The molecule has 1 aliphatic heterocycles. The van der Waals surface area contributed by atoms with E-state index in [-0.39, 0.29) is 17.8 Å². The number of halogens is 1. The van der Waals surface area contributed by atoms with Crippen molar-refractivity contribution in [3.8, 4) is 0 Å². The van der Waals surface area contributed by atoms with Gasteiger partial charge in [-0.3, -0.25) is 9.59 Å². The van der Waals surface area contributed by atoms with Crippen molar-refractivity contribution in [1.82, 2.24) is 0 Å². The number of quaternary nitrogens is 1. The Morgan fingerprint density at radius 3 is 2.91 bits per heavy atom. The molecule has 120 valence electrons. The van der Waals surface area contributed by atoms with Gasteiger partial charge in [0.2, 0.25) is 0 Å². The highest BCUT2D eigenvalue weighted by molar-refractivity contribution is 6.33. The van der Waals surface area contributed by atoms with E-state index in [0.717, 1.165) is 24.3 Å². The number of carbonyl (C=O) groups is 2. The third-order valence-corrected chi connectivity index (χ3v) is 4.13. The molecule has 0 radical (unpaired) electrons. The Bertz CT molecular complexity index is 536. The van der Waals surface area contributed by atoms with Crippen LogP contribution in [0.25, 0.3) is 0 Å². The summed E-state index contributed by atoms with van der Waals surface area (Å²) in [5, 5.41) is 3.34. The molecule has 0 aliphatic carbocycles. The fourth-order valence-corrected chi connectivity index (χ4v) is 2.94. The van der Waals surface area contributed by atoms with Crippen molar-refractivity contribution in [3.05, 3.63) is 29.3 Å². The minimum atomic E-state index is -0.147. The molecule has 1 unspecified atom stereocenters. The van der Waals surface area contributed by atoms with Crippen LogP contribution in [0.4, 0.5) is 5.69 Å². The number of esters is 1. The summed E-state index contributed by atoms with van der Waals surface area (Å²) in [7, 11) is 0. The standard InChI is InChI=1S/C16H21ClN2O3/c1-2-22-16(21)12-6-5-9-19(10-12)11-15(20)18-14-8-4-3-7-13(14)17/h3-4,7-8,12H,2,5-6,9-11H2,1H3,(H,18,20)/p+1/t12-/m1/s1. The summed E-state index contributed by atoms with van der Waals surface area (Å²) in [4.78, 5) is 25.0. The van der Waals surface area contributed by atoms with E-state index in [4.69, 9.17) is 16.3 Å². The highest BCUT2D eigenvalue weighted by atomic mass is 35.5. The molecule has 22 heavy (non-hydrogen) atoms. The van der Waals surface area contributed by atoms with Crippen molar-refractivity contribution >= 4 is 29.2 Å². The molecule has 1 fully saturated rings. The number of hydrogen-bond donors (Lipinski definition) is 2. The molecule has 5 nitrogen and oxygen atoms in total. The van der Waals surface area contributed by atoms with Crippen LogP contribution in [-0.2, 0) is 14.3 Å². The van der Waals surface area contributed by atoms with Crippen LogP contribution in [0.5, 0.6) is 0 Å². The predicted molar refractivity (Wildman–Crippen MR) is 85.0 cm³/mol. The maximum absolute atomic E-state index is 12.1. The molecular formula is C16H22ClN2O3+. The van der Waals surface area contributed by atoms with Gasteiger partial charge < -0.3 is 15.0 Å². The molecule has 1 aromatic rings. The van der Waals surface area contributed by atoms with E-state index in [1.807, 2.05) is 19.1 Å². The van der Waals surface area contributed by atoms with E-state index in [2.05, 4.69) is 5.32 Å². The molecule has 2 N–H and O–H groups in total. The number of anilines is 1. The Balaban J connectivity index is 1.86. The van der Waals surface area contributed by atoms with Gasteiger partial charge in [-0.1, -0.05) is 23.7 Å². The van der Waals surface area contributed by atoms with Crippen molar-refractivity contribution in [2.45, 2.75) is 19.8 Å². The monoisotopic (exact) mass is 325 g/mol. The quantitative estimate of drug-likeness (QED) is 0.798. The predicted octanol–water partition coefficient (Wildman–Crippen LogP) is 1.14. The summed E-state index contributed by atoms with van der Waals surface area (Å²) >= 11 is 6.03. The van der Waals surface area contributed by atoms with E-state index < -0.39 is 0 Å². The van der Waals surface area contributed by atoms with Crippen LogP contribution in [0.3, 0.4) is 0 Å². The van der Waals surface area contributed by atoms with Gasteiger partial charge in [0, 0.05) is 0 Å². The van der Waals surface area contributed by atoms with E-state index in [1.54, 1.807) is 12.1 Å². The first kappa shape index (κ1) is 16.8. The second-order valence-corrected chi connectivity index (χ2v) is 5.91.